The first-order chi connectivity index (χ1) is 16.0. The summed E-state index contributed by atoms with van der Waals surface area (Å²) < 4.78 is 11.7. The lowest BCUT2D eigenvalue weighted by atomic mass is 10.0. The molecule has 0 heterocycles. The monoisotopic (exact) mass is 463 g/mol. The van der Waals surface area contributed by atoms with Gasteiger partial charge in [-0.2, -0.15) is 0 Å². The van der Waals surface area contributed by atoms with Crippen LogP contribution in [-0.4, -0.2) is 41.1 Å². The van der Waals surface area contributed by atoms with Crippen LogP contribution in [0.4, 0.5) is 0 Å². The second-order valence-electron chi connectivity index (χ2n) is 7.77. The summed E-state index contributed by atoms with van der Waals surface area (Å²) >= 11 is 5.37. The number of esters is 1. The van der Waals surface area contributed by atoms with Gasteiger partial charge in [0.15, 0.2) is 6.10 Å². The van der Waals surface area contributed by atoms with Crippen LogP contribution in [0.5, 0.6) is 0 Å². The van der Waals surface area contributed by atoms with Crippen LogP contribution in [0.15, 0.2) is 91.0 Å². The molecule has 0 saturated heterocycles. The number of nitrogens with one attached hydrogen (secondary N) is 1. The van der Waals surface area contributed by atoms with Crippen LogP contribution >= 0.6 is 12.2 Å². The van der Waals surface area contributed by atoms with Gasteiger partial charge in [0, 0.05) is 13.0 Å². The summed E-state index contributed by atoms with van der Waals surface area (Å²) in [5.41, 5.74) is 2.57. The van der Waals surface area contributed by atoms with E-state index in [0.29, 0.717) is 18.5 Å². The topological polar surface area (TPSA) is 67.8 Å². The van der Waals surface area contributed by atoms with Crippen molar-refractivity contribution in [3.8, 4) is 0 Å². The van der Waals surface area contributed by atoms with E-state index in [9.17, 15) is 9.90 Å². The van der Waals surface area contributed by atoms with Gasteiger partial charge in [0.2, 0.25) is 0 Å². The highest BCUT2D eigenvalue weighted by molar-refractivity contribution is 7.80. The second-order valence-corrected chi connectivity index (χ2v) is 8.14. The molecule has 0 saturated carbocycles. The minimum absolute atomic E-state index is 0.158. The number of aliphatic hydroxyl groups is 1. The molecule has 3 aromatic carbocycles. The van der Waals surface area contributed by atoms with Gasteiger partial charge < -0.3 is 19.9 Å². The Kier molecular flexibility index (Phi) is 9.42. The van der Waals surface area contributed by atoms with Crippen LogP contribution in [0.3, 0.4) is 0 Å². The number of carbonyl (C=O) groups is 1. The van der Waals surface area contributed by atoms with Crippen LogP contribution < -0.4 is 5.32 Å². The largest absolute Gasteiger partial charge is 0.461 e. The molecular formula is C27H29NO4S. The van der Waals surface area contributed by atoms with Gasteiger partial charge in [-0.25, -0.2) is 4.79 Å². The highest BCUT2D eigenvalue weighted by atomic mass is 32.1. The van der Waals surface area contributed by atoms with Crippen LogP contribution in [0.25, 0.3) is 0 Å². The number of hydrogen-bond acceptors (Lipinski definition) is 5. The Morgan fingerprint density at radius 3 is 2.00 bits per heavy atom. The normalized spacial score (nSPS) is 13.4. The standard InChI is InChI=1S/C27H29NO4S/c1-20(29)25(32-27(33)28-18-17-21-11-5-2-6-12-21)24(19-22-13-7-3-8-14-22)31-26(30)23-15-9-4-10-16-23/h2-16,20,24-25,29H,17-19H2,1H3,(H,28,33). The van der Waals surface area contributed by atoms with Gasteiger partial charge in [0.1, 0.15) is 6.10 Å². The predicted molar refractivity (Wildman–Crippen MR) is 133 cm³/mol. The fraction of sp³-hybridized carbons (Fsp3) is 0.259. The Morgan fingerprint density at radius 1 is 0.879 bits per heavy atom. The van der Waals surface area contributed by atoms with Crippen molar-refractivity contribution in [3.05, 3.63) is 108 Å². The molecule has 3 aromatic rings. The zero-order chi connectivity index (χ0) is 23.5. The van der Waals surface area contributed by atoms with Gasteiger partial charge in [-0.15, -0.1) is 0 Å². The summed E-state index contributed by atoms with van der Waals surface area (Å²) in [6.45, 7) is 2.19. The van der Waals surface area contributed by atoms with Gasteiger partial charge in [-0.05, 0) is 48.8 Å². The summed E-state index contributed by atoms with van der Waals surface area (Å²) in [5.74, 6) is -0.478. The van der Waals surface area contributed by atoms with Crippen LogP contribution in [0, 0.1) is 0 Å². The number of carbonyl (C=O) groups excluding carboxylic acids is 1. The van der Waals surface area contributed by atoms with E-state index in [1.165, 1.54) is 5.56 Å². The Bertz CT molecular complexity index is 996. The first kappa shape index (κ1) is 24.4. The minimum Gasteiger partial charge on any atom is -0.461 e. The van der Waals surface area contributed by atoms with Crippen LogP contribution in [0.1, 0.15) is 28.4 Å². The molecule has 0 bridgehead atoms. The molecule has 172 valence electrons. The molecule has 5 nitrogen and oxygen atoms in total. The molecule has 0 spiro atoms. The lowest BCUT2D eigenvalue weighted by Crippen LogP contribution is -2.45. The van der Waals surface area contributed by atoms with E-state index in [1.807, 2.05) is 66.7 Å². The zero-order valence-electron chi connectivity index (χ0n) is 18.6. The van der Waals surface area contributed by atoms with Gasteiger partial charge >= 0.3 is 5.97 Å². The third-order valence-electron chi connectivity index (χ3n) is 5.16. The number of benzene rings is 3. The first-order valence-corrected chi connectivity index (χ1v) is 11.4. The van der Waals surface area contributed by atoms with Gasteiger partial charge in [-0.1, -0.05) is 78.9 Å². The lowest BCUT2D eigenvalue weighted by Gasteiger charge is -2.30. The molecule has 2 N–H and O–H groups in total. The van der Waals surface area contributed by atoms with Gasteiger partial charge in [-0.3, -0.25) is 0 Å². The quantitative estimate of drug-likeness (QED) is 0.344. The maximum Gasteiger partial charge on any atom is 0.338 e. The molecule has 6 heteroatoms. The van der Waals surface area contributed by atoms with Crippen LogP contribution in [0.2, 0.25) is 0 Å². The molecule has 0 aliphatic rings. The number of hydrogen-bond donors (Lipinski definition) is 2. The maximum atomic E-state index is 12.8. The van der Waals surface area contributed by atoms with Crippen LogP contribution in [-0.2, 0) is 22.3 Å². The first-order valence-electron chi connectivity index (χ1n) is 11.0. The van der Waals surface area contributed by atoms with E-state index < -0.39 is 24.3 Å². The summed E-state index contributed by atoms with van der Waals surface area (Å²) in [7, 11) is 0. The molecule has 0 aromatic heterocycles. The molecular weight excluding hydrogens is 434 g/mol. The van der Waals surface area contributed by atoms with E-state index in [2.05, 4.69) is 5.32 Å². The SMILES string of the molecule is CC(O)C(OC(=S)NCCc1ccccc1)C(Cc1ccccc1)OC(=O)c1ccccc1. The Hall–Kier alpha value is -3.22. The Labute approximate surface area is 200 Å². The summed E-state index contributed by atoms with van der Waals surface area (Å²) in [6.07, 6.45) is -1.35. The van der Waals surface area contributed by atoms with Crippen molar-refractivity contribution in [2.45, 2.75) is 38.1 Å². The lowest BCUT2D eigenvalue weighted by molar-refractivity contribution is -0.0571. The summed E-state index contributed by atoms with van der Waals surface area (Å²) in [6, 6.07) is 28.4. The highest BCUT2D eigenvalue weighted by Crippen LogP contribution is 2.18. The van der Waals surface area contributed by atoms with Gasteiger partial charge in [0.05, 0.1) is 11.7 Å². The smallest absolute Gasteiger partial charge is 0.338 e. The molecule has 0 radical (unpaired) electrons. The van der Waals surface area contributed by atoms with Crippen molar-refractivity contribution in [1.29, 1.82) is 0 Å². The third-order valence-corrected chi connectivity index (χ3v) is 5.40. The summed E-state index contributed by atoms with van der Waals surface area (Å²) in [5, 5.41) is 13.7. The number of aliphatic hydroxyl groups excluding tert-OH is 1. The Morgan fingerprint density at radius 2 is 1.42 bits per heavy atom. The molecule has 33 heavy (non-hydrogen) atoms. The third kappa shape index (κ3) is 8.00. The molecule has 3 unspecified atom stereocenters. The van der Waals surface area contributed by atoms with Crippen molar-refractivity contribution >= 4 is 23.4 Å². The van der Waals surface area contributed by atoms with E-state index >= 15 is 0 Å². The van der Waals surface area contributed by atoms with Gasteiger partial charge in [0.25, 0.3) is 5.17 Å². The molecule has 3 rings (SSSR count). The summed E-state index contributed by atoms with van der Waals surface area (Å²) in [4.78, 5) is 12.8. The maximum absolute atomic E-state index is 12.8. The minimum atomic E-state index is -0.920. The molecule has 0 fully saturated rings. The molecule has 0 amide bonds. The number of rotatable bonds is 10. The molecule has 0 aliphatic carbocycles. The second kappa shape index (κ2) is 12.7. The average molecular weight is 464 g/mol. The highest BCUT2D eigenvalue weighted by Gasteiger charge is 2.32. The van der Waals surface area contributed by atoms with Crippen molar-refractivity contribution in [1.82, 2.24) is 5.32 Å². The van der Waals surface area contributed by atoms with E-state index in [4.69, 9.17) is 21.7 Å². The molecule has 3 atom stereocenters. The number of thiocarbonyl (C=S) groups is 1. The zero-order valence-corrected chi connectivity index (χ0v) is 19.4. The van der Waals surface area contributed by atoms with Crippen molar-refractivity contribution < 1.29 is 19.4 Å². The average Bonchev–Trinajstić information content (AvgIpc) is 2.84. The van der Waals surface area contributed by atoms with E-state index in [1.54, 1.807) is 31.2 Å². The van der Waals surface area contributed by atoms with Crippen molar-refractivity contribution in [2.75, 3.05) is 6.54 Å². The van der Waals surface area contributed by atoms with E-state index in [0.717, 1.165) is 12.0 Å². The fourth-order valence-electron chi connectivity index (χ4n) is 3.45. The van der Waals surface area contributed by atoms with Crippen molar-refractivity contribution in [3.63, 3.8) is 0 Å². The Balaban J connectivity index is 1.68. The predicted octanol–water partition coefficient (Wildman–Crippen LogP) is 4.34. The molecule has 0 aliphatic heterocycles. The van der Waals surface area contributed by atoms with E-state index in [-0.39, 0.29) is 5.17 Å². The van der Waals surface area contributed by atoms with Crippen molar-refractivity contribution in [2.24, 2.45) is 0 Å². The fourth-order valence-corrected chi connectivity index (χ4v) is 3.67. The number of ether oxygens (including phenoxy) is 2.